The third kappa shape index (κ3) is 19.0. The highest BCUT2D eigenvalue weighted by Gasteiger charge is 2.22. The zero-order valence-electron chi connectivity index (χ0n) is 24.9. The second kappa shape index (κ2) is 21.3. The molecule has 44 heavy (non-hydrogen) atoms. The van der Waals surface area contributed by atoms with Gasteiger partial charge in [-0.3, -0.25) is 53.7 Å². The Morgan fingerprint density at radius 2 is 1.07 bits per heavy atom. The predicted molar refractivity (Wildman–Crippen MR) is 155 cm³/mol. The number of carbonyl (C=O) groups excluding carboxylic acids is 2. The number of carboxylic acid groups (broad SMARTS) is 4. The van der Waals surface area contributed by atoms with Gasteiger partial charge in [0, 0.05) is 65.3 Å². The molecule has 1 aliphatic rings. The van der Waals surface area contributed by atoms with Crippen molar-refractivity contribution in [2.45, 2.75) is 44.4 Å². The molecule has 2 atom stereocenters. The van der Waals surface area contributed by atoms with Gasteiger partial charge in [-0.05, 0) is 25.8 Å². The molecule has 2 amide bonds. The van der Waals surface area contributed by atoms with Gasteiger partial charge in [-0.25, -0.2) is 0 Å². The molecular formula is C26H47N7O11. The summed E-state index contributed by atoms with van der Waals surface area (Å²) in [4.78, 5) is 75.2. The van der Waals surface area contributed by atoms with Gasteiger partial charge < -0.3 is 36.6 Å². The summed E-state index contributed by atoms with van der Waals surface area (Å²) in [6.07, 6.45) is -0.370. The van der Waals surface area contributed by atoms with E-state index in [9.17, 15) is 49.2 Å². The van der Waals surface area contributed by atoms with Crippen molar-refractivity contribution in [3.8, 4) is 0 Å². The number of carboxylic acids is 4. The Morgan fingerprint density at radius 1 is 0.636 bits per heavy atom. The third-order valence-corrected chi connectivity index (χ3v) is 6.98. The number of nitrogens with two attached hydrogens (primary N) is 1. The molecule has 0 aromatic rings. The van der Waals surface area contributed by atoms with Crippen LogP contribution in [0.25, 0.3) is 0 Å². The molecule has 1 heterocycles. The molecule has 0 radical (unpaired) electrons. The number of hydrogen-bond acceptors (Lipinski definition) is 12. The van der Waals surface area contributed by atoms with Crippen LogP contribution in [0.15, 0.2) is 0 Å². The second-order valence-corrected chi connectivity index (χ2v) is 10.7. The Bertz CT molecular complexity index is 923. The van der Waals surface area contributed by atoms with E-state index in [1.807, 2.05) is 4.90 Å². The van der Waals surface area contributed by atoms with Gasteiger partial charge in [0.25, 0.3) is 0 Å². The van der Waals surface area contributed by atoms with Gasteiger partial charge in [-0.1, -0.05) is 0 Å². The van der Waals surface area contributed by atoms with Crippen molar-refractivity contribution >= 4 is 35.7 Å². The number of nitrogens with zero attached hydrogens (tertiary/aromatic N) is 4. The lowest BCUT2D eigenvalue weighted by Gasteiger charge is -2.33. The van der Waals surface area contributed by atoms with Crippen LogP contribution < -0.4 is 16.4 Å². The first-order valence-electron chi connectivity index (χ1n) is 14.5. The standard InChI is InChI=1S/C26H47N7O11/c27-26(44)19(29-20(34)4-5-22(36)37)3-1-2-6-28-21(35)15-30-7-9-31(16-23(38)39)11-13-33(18-25(42)43)14-12-32(10-8-30)17-24(40)41/h19,21,28,35H,1-18H2,(H2,27,44)(H,29,34)(H,36,37)(H,38,39)(H,40,41)(H,42,43)/t19-,21?/m0/s1. The van der Waals surface area contributed by atoms with Crippen molar-refractivity contribution in [1.29, 1.82) is 0 Å². The lowest BCUT2D eigenvalue weighted by atomic mass is 10.1. The summed E-state index contributed by atoms with van der Waals surface area (Å²) in [7, 11) is 0. The molecule has 1 fully saturated rings. The van der Waals surface area contributed by atoms with E-state index in [1.54, 1.807) is 14.7 Å². The van der Waals surface area contributed by atoms with Gasteiger partial charge in [-0.15, -0.1) is 0 Å². The summed E-state index contributed by atoms with van der Waals surface area (Å²) in [5.41, 5.74) is 5.34. The molecule has 1 saturated heterocycles. The smallest absolute Gasteiger partial charge is 0.317 e. The van der Waals surface area contributed by atoms with Crippen molar-refractivity contribution < 1.29 is 54.3 Å². The topological polar surface area (TPSA) is 267 Å². The maximum atomic E-state index is 11.8. The van der Waals surface area contributed by atoms with Crippen molar-refractivity contribution in [2.75, 3.05) is 85.1 Å². The molecule has 0 saturated carbocycles. The average molecular weight is 634 g/mol. The van der Waals surface area contributed by atoms with E-state index in [-0.39, 0.29) is 58.5 Å². The number of rotatable bonds is 19. The Balaban J connectivity index is 2.70. The van der Waals surface area contributed by atoms with Gasteiger partial charge in [0.2, 0.25) is 11.8 Å². The van der Waals surface area contributed by atoms with Crippen LogP contribution in [0.4, 0.5) is 0 Å². The number of carbonyl (C=O) groups is 6. The SMILES string of the molecule is NC(=O)[C@H](CCCCNC(O)CN1CCN(CC(=O)O)CCN(CC(=O)O)CCN(CC(=O)O)CC1)NC(=O)CCC(=O)O. The van der Waals surface area contributed by atoms with Crippen LogP contribution >= 0.6 is 0 Å². The van der Waals surface area contributed by atoms with Crippen LogP contribution in [0.3, 0.4) is 0 Å². The average Bonchev–Trinajstić information content (AvgIpc) is 2.91. The molecule has 18 nitrogen and oxygen atoms in total. The fourth-order valence-corrected chi connectivity index (χ4v) is 4.63. The third-order valence-electron chi connectivity index (χ3n) is 6.98. The highest BCUT2D eigenvalue weighted by Crippen LogP contribution is 2.04. The zero-order chi connectivity index (χ0) is 33.1. The molecule has 0 aromatic heterocycles. The van der Waals surface area contributed by atoms with Crippen LogP contribution in [0, 0.1) is 0 Å². The molecule has 1 unspecified atom stereocenters. The van der Waals surface area contributed by atoms with E-state index in [4.69, 9.17) is 10.8 Å². The Morgan fingerprint density at radius 3 is 1.45 bits per heavy atom. The number of primary amides is 1. The van der Waals surface area contributed by atoms with Crippen molar-refractivity contribution in [3.63, 3.8) is 0 Å². The summed E-state index contributed by atoms with van der Waals surface area (Å²) < 4.78 is 0. The number of hydrogen-bond donors (Lipinski definition) is 8. The molecule has 252 valence electrons. The Hall–Kier alpha value is -3.42. The van der Waals surface area contributed by atoms with Crippen LogP contribution in [-0.2, 0) is 28.8 Å². The molecule has 0 aromatic carbocycles. The largest absolute Gasteiger partial charge is 0.481 e. The number of β-amino-alcohol motifs (C(OH)–C–C–N with tert-alkyl or cyclic N) is 1. The second-order valence-electron chi connectivity index (χ2n) is 10.7. The normalized spacial score (nSPS) is 17.9. The van der Waals surface area contributed by atoms with Gasteiger partial charge in [0.05, 0.1) is 26.1 Å². The van der Waals surface area contributed by atoms with Gasteiger partial charge in [0.1, 0.15) is 12.3 Å². The Kier molecular flexibility index (Phi) is 18.7. The minimum Gasteiger partial charge on any atom is -0.481 e. The van der Waals surface area contributed by atoms with E-state index >= 15 is 0 Å². The first-order valence-corrected chi connectivity index (χ1v) is 14.5. The highest BCUT2D eigenvalue weighted by atomic mass is 16.4. The molecule has 1 rings (SSSR count). The van der Waals surface area contributed by atoms with Gasteiger partial charge in [0.15, 0.2) is 0 Å². The minimum atomic E-state index is -1.13. The molecule has 0 spiro atoms. The quantitative estimate of drug-likeness (QED) is 0.0504. The number of aliphatic carboxylic acids is 4. The van der Waals surface area contributed by atoms with Gasteiger partial charge >= 0.3 is 23.9 Å². The van der Waals surface area contributed by atoms with Crippen LogP contribution in [0.1, 0.15) is 32.1 Å². The summed E-state index contributed by atoms with van der Waals surface area (Å²) in [6, 6.07) is -0.942. The molecule has 9 N–H and O–H groups in total. The highest BCUT2D eigenvalue weighted by molar-refractivity contribution is 5.87. The lowest BCUT2D eigenvalue weighted by molar-refractivity contribution is -0.140. The van der Waals surface area contributed by atoms with E-state index in [0.29, 0.717) is 58.7 Å². The predicted octanol–water partition coefficient (Wildman–Crippen LogP) is -3.63. The number of nitrogens with one attached hydrogen (secondary N) is 2. The maximum Gasteiger partial charge on any atom is 0.317 e. The summed E-state index contributed by atoms with van der Waals surface area (Å²) in [6.45, 7) is 2.33. The molecule has 0 aliphatic carbocycles. The maximum absolute atomic E-state index is 11.8. The molecule has 0 bridgehead atoms. The molecule has 1 aliphatic heterocycles. The van der Waals surface area contributed by atoms with Crippen LogP contribution in [0.5, 0.6) is 0 Å². The number of aliphatic hydroxyl groups is 1. The fraction of sp³-hybridized carbons (Fsp3) is 0.769. The van der Waals surface area contributed by atoms with Crippen LogP contribution in [-0.4, -0.2) is 178 Å². The van der Waals surface area contributed by atoms with Crippen molar-refractivity contribution in [3.05, 3.63) is 0 Å². The number of unbranched alkanes of at least 4 members (excludes halogenated alkanes) is 1. The van der Waals surface area contributed by atoms with E-state index < -0.39 is 48.0 Å². The molecular weight excluding hydrogens is 586 g/mol. The first kappa shape index (κ1) is 38.6. The fourth-order valence-electron chi connectivity index (χ4n) is 4.63. The van der Waals surface area contributed by atoms with E-state index in [2.05, 4.69) is 10.6 Å². The monoisotopic (exact) mass is 633 g/mol. The first-order chi connectivity index (χ1) is 20.7. The summed E-state index contributed by atoms with van der Waals surface area (Å²) in [5, 5.41) is 52.7. The van der Waals surface area contributed by atoms with E-state index in [0.717, 1.165) is 0 Å². The van der Waals surface area contributed by atoms with Gasteiger partial charge in [-0.2, -0.15) is 0 Å². The van der Waals surface area contributed by atoms with Crippen molar-refractivity contribution in [1.82, 2.24) is 30.2 Å². The zero-order valence-corrected chi connectivity index (χ0v) is 24.9. The number of amides is 2. The summed E-state index contributed by atoms with van der Waals surface area (Å²) in [5.74, 6) is -5.54. The van der Waals surface area contributed by atoms with E-state index in [1.165, 1.54) is 0 Å². The minimum absolute atomic E-state index is 0.163. The molecule has 18 heteroatoms. The number of aliphatic hydroxyl groups excluding tert-OH is 1. The summed E-state index contributed by atoms with van der Waals surface area (Å²) >= 11 is 0. The Labute approximate surface area is 255 Å². The van der Waals surface area contributed by atoms with Crippen molar-refractivity contribution in [2.24, 2.45) is 5.73 Å². The lowest BCUT2D eigenvalue weighted by Crippen LogP contribution is -2.50. The van der Waals surface area contributed by atoms with Crippen LogP contribution in [0.2, 0.25) is 0 Å².